The van der Waals surface area contributed by atoms with Crippen LogP contribution in [0.1, 0.15) is 30.3 Å². The molecule has 1 aromatic heterocycles. The van der Waals surface area contributed by atoms with Crippen molar-refractivity contribution in [3.05, 3.63) is 23.2 Å². The highest BCUT2D eigenvalue weighted by molar-refractivity contribution is 7.92. The van der Waals surface area contributed by atoms with Gasteiger partial charge in [-0.05, 0) is 25.5 Å². The number of aromatic nitrogens is 1. The van der Waals surface area contributed by atoms with E-state index in [9.17, 15) is 4.79 Å². The highest BCUT2D eigenvalue weighted by atomic mass is 32.2. The van der Waals surface area contributed by atoms with Crippen molar-refractivity contribution in [3.8, 4) is 5.19 Å². The highest BCUT2D eigenvalue weighted by Gasteiger charge is 2.22. The molecule has 1 fully saturated rings. The lowest BCUT2D eigenvalue weighted by atomic mass is 10.2. The van der Waals surface area contributed by atoms with Gasteiger partial charge in [0.2, 0.25) is 5.91 Å². The minimum atomic E-state index is 0.130. The number of allylic oxidation sites excluding steroid dienone is 1. The van der Waals surface area contributed by atoms with E-state index in [0.29, 0.717) is 11.6 Å². The maximum Gasteiger partial charge on any atom is 0.288 e. The quantitative estimate of drug-likeness (QED) is 0.617. The van der Waals surface area contributed by atoms with Gasteiger partial charge in [-0.1, -0.05) is 24.0 Å². The van der Waals surface area contributed by atoms with Crippen LogP contribution in [-0.2, 0) is 4.79 Å². The van der Waals surface area contributed by atoms with Gasteiger partial charge in [0, 0.05) is 26.1 Å². The first kappa shape index (κ1) is 16.1. The van der Waals surface area contributed by atoms with E-state index < -0.39 is 0 Å². The number of hydrogen-bond donors (Lipinski definition) is 1. The fourth-order valence-electron chi connectivity index (χ4n) is 2.03. The number of hydrogen-bond acceptors (Lipinski definition) is 6. The van der Waals surface area contributed by atoms with Crippen LogP contribution in [0.4, 0.5) is 0 Å². The first-order chi connectivity index (χ1) is 10.1. The summed E-state index contributed by atoms with van der Waals surface area (Å²) in [5, 5.41) is 3.54. The van der Waals surface area contributed by atoms with Gasteiger partial charge in [0.1, 0.15) is 12.2 Å². The predicted molar refractivity (Wildman–Crippen MR) is 88.9 cm³/mol. The zero-order chi connectivity index (χ0) is 15.2. The Morgan fingerprint density at radius 1 is 1.67 bits per heavy atom. The van der Waals surface area contributed by atoms with E-state index in [-0.39, 0.29) is 11.9 Å². The Morgan fingerprint density at radius 3 is 3.10 bits per heavy atom. The number of rotatable bonds is 7. The van der Waals surface area contributed by atoms with Crippen molar-refractivity contribution < 1.29 is 8.98 Å². The minimum Gasteiger partial charge on any atom is -0.379 e. The molecule has 1 aliphatic rings. The molecule has 114 valence electrons. The second-order valence-electron chi connectivity index (χ2n) is 4.70. The Balaban J connectivity index is 1.84. The van der Waals surface area contributed by atoms with Crippen LogP contribution < -0.4 is 9.50 Å². The fraction of sp³-hybridized carbons (Fsp3) is 0.429. The van der Waals surface area contributed by atoms with E-state index in [1.807, 2.05) is 30.4 Å². The molecule has 1 atom stereocenters. The summed E-state index contributed by atoms with van der Waals surface area (Å²) in [6.45, 7) is 6.47. The molecule has 21 heavy (non-hydrogen) atoms. The molecule has 2 rings (SSSR count). The number of nitrogens with one attached hydrogen (secondary N) is 1. The molecule has 1 N–H and O–H groups in total. The molecule has 0 radical (unpaired) electrons. The summed E-state index contributed by atoms with van der Waals surface area (Å²) in [6, 6.07) is 0.206. The van der Waals surface area contributed by atoms with Crippen LogP contribution in [0, 0.1) is 0 Å². The number of likely N-dealkylation sites (N-methyl/N-ethyl adjacent to an activating group) is 1. The van der Waals surface area contributed by atoms with E-state index in [1.165, 1.54) is 23.6 Å². The molecule has 1 saturated heterocycles. The average Bonchev–Trinajstić information content (AvgIpc) is 3.03. The Kier molecular flexibility index (Phi) is 5.84. The van der Waals surface area contributed by atoms with Crippen LogP contribution >= 0.6 is 23.6 Å². The lowest BCUT2D eigenvalue weighted by Gasteiger charge is -2.17. The third-order valence-electron chi connectivity index (χ3n) is 2.97. The smallest absolute Gasteiger partial charge is 0.288 e. The summed E-state index contributed by atoms with van der Waals surface area (Å²) < 4.78 is 7.59. The molecule has 0 bridgehead atoms. The summed E-state index contributed by atoms with van der Waals surface area (Å²) in [4.78, 5) is 16.6. The van der Waals surface area contributed by atoms with E-state index in [1.54, 1.807) is 6.08 Å². The monoisotopic (exact) mass is 325 g/mol. The molecule has 5 nitrogen and oxygen atoms in total. The van der Waals surface area contributed by atoms with Crippen LogP contribution in [0.3, 0.4) is 0 Å². The zero-order valence-corrected chi connectivity index (χ0v) is 13.8. The summed E-state index contributed by atoms with van der Waals surface area (Å²) in [5.41, 5.74) is 0.833. The second-order valence-corrected chi connectivity index (χ2v) is 6.64. The maximum atomic E-state index is 11.2. The summed E-state index contributed by atoms with van der Waals surface area (Å²) >= 11 is 2.72. The van der Waals surface area contributed by atoms with Gasteiger partial charge < -0.3 is 9.50 Å². The number of thiazole rings is 1. The second kappa shape index (κ2) is 7.63. The van der Waals surface area contributed by atoms with Gasteiger partial charge in [0.15, 0.2) is 0 Å². The van der Waals surface area contributed by atoms with Crippen molar-refractivity contribution in [2.24, 2.45) is 0 Å². The highest BCUT2D eigenvalue weighted by Crippen LogP contribution is 2.30. The standard InChI is InChI=1S/C14H19N3O2S2/c1-4-6-12-11(5-2)16-14(20-12)19-21-17(3)9-10-7-8-13(18)15-10/h4-6,10H,2,7-9H2,1,3H3,(H,15,18)/b6-4-/t10-/m1/s1. The van der Waals surface area contributed by atoms with Crippen molar-refractivity contribution in [3.63, 3.8) is 0 Å². The van der Waals surface area contributed by atoms with Crippen molar-refractivity contribution >= 4 is 41.6 Å². The molecule has 0 aliphatic carbocycles. The molecule has 1 amide bonds. The average molecular weight is 325 g/mol. The van der Waals surface area contributed by atoms with E-state index in [2.05, 4.69) is 16.9 Å². The normalized spacial score (nSPS) is 18.4. The van der Waals surface area contributed by atoms with Crippen LogP contribution in [0.15, 0.2) is 12.7 Å². The molecule has 0 saturated carbocycles. The van der Waals surface area contributed by atoms with Crippen molar-refractivity contribution in [2.45, 2.75) is 25.8 Å². The topological polar surface area (TPSA) is 54.5 Å². The first-order valence-electron chi connectivity index (χ1n) is 6.73. The van der Waals surface area contributed by atoms with Gasteiger partial charge in [-0.2, -0.15) is 0 Å². The Bertz CT molecular complexity index is 542. The maximum absolute atomic E-state index is 11.2. The lowest BCUT2D eigenvalue weighted by Crippen LogP contribution is -2.34. The third kappa shape index (κ3) is 4.59. The molecule has 0 spiro atoms. The number of amides is 1. The molecule has 1 aliphatic heterocycles. The first-order valence-corrected chi connectivity index (χ1v) is 8.25. The third-order valence-corrected chi connectivity index (χ3v) is 4.63. The van der Waals surface area contributed by atoms with Crippen molar-refractivity contribution in [1.82, 2.24) is 14.6 Å². The van der Waals surface area contributed by atoms with E-state index in [4.69, 9.17) is 4.18 Å². The number of carbonyl (C=O) groups excluding carboxylic acids is 1. The fourth-order valence-corrected chi connectivity index (χ4v) is 3.49. The number of nitrogens with zero attached hydrogens (tertiary/aromatic N) is 2. The molecule has 0 unspecified atom stereocenters. The van der Waals surface area contributed by atoms with Crippen molar-refractivity contribution in [1.29, 1.82) is 0 Å². The van der Waals surface area contributed by atoms with Gasteiger partial charge in [-0.3, -0.25) is 4.79 Å². The van der Waals surface area contributed by atoms with Crippen LogP contribution in [0.5, 0.6) is 5.19 Å². The molecular formula is C14H19N3O2S2. The van der Waals surface area contributed by atoms with E-state index in [0.717, 1.165) is 23.5 Å². The Labute approximate surface area is 133 Å². The van der Waals surface area contributed by atoms with Gasteiger partial charge >= 0.3 is 0 Å². The van der Waals surface area contributed by atoms with Crippen molar-refractivity contribution in [2.75, 3.05) is 13.6 Å². The Hall–Kier alpha value is -1.31. The largest absolute Gasteiger partial charge is 0.379 e. The van der Waals surface area contributed by atoms with Gasteiger partial charge in [0.05, 0.1) is 10.6 Å². The molecule has 1 aromatic rings. The molecule has 2 heterocycles. The summed E-state index contributed by atoms with van der Waals surface area (Å²) in [7, 11) is 1.93. The summed E-state index contributed by atoms with van der Waals surface area (Å²) in [6.07, 6.45) is 7.18. The molecule has 7 heteroatoms. The van der Waals surface area contributed by atoms with Gasteiger partial charge in [-0.15, -0.1) is 0 Å². The predicted octanol–water partition coefficient (Wildman–Crippen LogP) is 2.97. The van der Waals surface area contributed by atoms with Crippen LogP contribution in [0.25, 0.3) is 12.2 Å². The van der Waals surface area contributed by atoms with Gasteiger partial charge in [-0.25, -0.2) is 9.29 Å². The van der Waals surface area contributed by atoms with Gasteiger partial charge in [0.25, 0.3) is 5.19 Å². The minimum absolute atomic E-state index is 0.130. The molecular weight excluding hydrogens is 306 g/mol. The number of carbonyl (C=O) groups is 1. The van der Waals surface area contributed by atoms with Crippen LogP contribution in [-0.4, -0.2) is 34.8 Å². The SMILES string of the molecule is C=Cc1nc(OSN(C)C[C@H]2CCC(=O)N2)sc1/C=C\C. The summed E-state index contributed by atoms with van der Waals surface area (Å²) in [5.74, 6) is 0.130. The van der Waals surface area contributed by atoms with E-state index >= 15 is 0 Å². The zero-order valence-electron chi connectivity index (χ0n) is 12.2. The lowest BCUT2D eigenvalue weighted by molar-refractivity contribution is -0.119. The van der Waals surface area contributed by atoms with Crippen LogP contribution in [0.2, 0.25) is 0 Å². The Morgan fingerprint density at radius 2 is 2.48 bits per heavy atom. The molecule has 0 aromatic carbocycles.